The maximum absolute atomic E-state index is 10.8. The van der Waals surface area contributed by atoms with Crippen molar-refractivity contribution in [3.63, 3.8) is 0 Å². The van der Waals surface area contributed by atoms with E-state index < -0.39 is 5.97 Å². The molecular weight excluding hydrogens is 166 g/mol. The lowest BCUT2D eigenvalue weighted by atomic mass is 9.98. The van der Waals surface area contributed by atoms with Crippen molar-refractivity contribution in [1.82, 2.24) is 4.90 Å². The Hall–Kier alpha value is -0.990. The molecule has 1 aliphatic heterocycles. The van der Waals surface area contributed by atoms with Crippen molar-refractivity contribution in [2.24, 2.45) is 5.92 Å². The van der Waals surface area contributed by atoms with Crippen molar-refractivity contribution in [3.8, 4) is 0 Å². The van der Waals surface area contributed by atoms with Crippen LogP contribution in [0, 0.1) is 5.92 Å². The van der Waals surface area contributed by atoms with Crippen LogP contribution in [0.1, 0.15) is 26.7 Å². The fourth-order valence-electron chi connectivity index (χ4n) is 1.68. The molecule has 0 aromatic heterocycles. The van der Waals surface area contributed by atoms with E-state index in [4.69, 9.17) is 5.11 Å². The summed E-state index contributed by atoms with van der Waals surface area (Å²) >= 11 is 0. The summed E-state index contributed by atoms with van der Waals surface area (Å²) in [7, 11) is 0. The standard InChI is InChI=1S/C10H17NO2/c1-3-8(2)11-6-4-5-9(7-11)10(12)13/h3,9H,4-7H2,1-2H3,(H,12,13). The summed E-state index contributed by atoms with van der Waals surface area (Å²) in [5, 5.41) is 8.86. The number of allylic oxidation sites excluding steroid dienone is 2. The van der Waals surface area contributed by atoms with Crippen LogP contribution >= 0.6 is 0 Å². The summed E-state index contributed by atoms with van der Waals surface area (Å²) in [6, 6.07) is 0. The number of hydrogen-bond acceptors (Lipinski definition) is 2. The van der Waals surface area contributed by atoms with E-state index >= 15 is 0 Å². The van der Waals surface area contributed by atoms with E-state index in [1.807, 2.05) is 19.9 Å². The second-order valence-electron chi connectivity index (χ2n) is 3.55. The first-order valence-corrected chi connectivity index (χ1v) is 4.75. The summed E-state index contributed by atoms with van der Waals surface area (Å²) in [5.41, 5.74) is 1.19. The second-order valence-corrected chi connectivity index (χ2v) is 3.55. The van der Waals surface area contributed by atoms with Crippen LogP contribution in [0.4, 0.5) is 0 Å². The number of likely N-dealkylation sites (tertiary alicyclic amines) is 1. The summed E-state index contributed by atoms with van der Waals surface area (Å²) in [4.78, 5) is 12.9. The lowest BCUT2D eigenvalue weighted by molar-refractivity contribution is -0.143. The molecule has 74 valence electrons. The van der Waals surface area contributed by atoms with E-state index in [9.17, 15) is 4.79 Å². The van der Waals surface area contributed by atoms with Crippen LogP contribution in [0.5, 0.6) is 0 Å². The Morgan fingerprint density at radius 2 is 2.31 bits per heavy atom. The smallest absolute Gasteiger partial charge is 0.308 e. The van der Waals surface area contributed by atoms with Gasteiger partial charge in [-0.2, -0.15) is 0 Å². The Balaban J connectivity index is 2.56. The van der Waals surface area contributed by atoms with E-state index in [0.29, 0.717) is 6.54 Å². The van der Waals surface area contributed by atoms with E-state index in [-0.39, 0.29) is 5.92 Å². The Morgan fingerprint density at radius 1 is 1.62 bits per heavy atom. The lowest BCUT2D eigenvalue weighted by Crippen LogP contribution is -2.37. The number of hydrogen-bond donors (Lipinski definition) is 1. The van der Waals surface area contributed by atoms with Gasteiger partial charge in [-0.1, -0.05) is 6.08 Å². The molecule has 0 radical (unpaired) electrons. The fourth-order valence-corrected chi connectivity index (χ4v) is 1.68. The Labute approximate surface area is 79.0 Å². The third-order valence-corrected chi connectivity index (χ3v) is 2.69. The van der Waals surface area contributed by atoms with Crippen molar-refractivity contribution in [1.29, 1.82) is 0 Å². The molecule has 0 aliphatic carbocycles. The summed E-state index contributed by atoms with van der Waals surface area (Å²) in [6.07, 6.45) is 3.84. The van der Waals surface area contributed by atoms with Crippen molar-refractivity contribution < 1.29 is 9.90 Å². The molecule has 13 heavy (non-hydrogen) atoms. The van der Waals surface area contributed by atoms with Crippen molar-refractivity contribution in [2.75, 3.05) is 13.1 Å². The zero-order valence-electron chi connectivity index (χ0n) is 8.29. The predicted octanol–water partition coefficient (Wildman–Crippen LogP) is 1.71. The zero-order valence-corrected chi connectivity index (χ0v) is 8.29. The normalized spacial score (nSPS) is 24.6. The van der Waals surface area contributed by atoms with Crippen molar-refractivity contribution in [3.05, 3.63) is 11.8 Å². The van der Waals surface area contributed by atoms with E-state index in [2.05, 4.69) is 4.90 Å². The topological polar surface area (TPSA) is 40.5 Å². The van der Waals surface area contributed by atoms with Gasteiger partial charge in [-0.3, -0.25) is 4.79 Å². The molecule has 0 aromatic carbocycles. The quantitative estimate of drug-likeness (QED) is 0.708. The van der Waals surface area contributed by atoms with Crippen molar-refractivity contribution >= 4 is 5.97 Å². The molecule has 0 aromatic rings. The maximum Gasteiger partial charge on any atom is 0.308 e. The molecule has 0 spiro atoms. The molecule has 1 heterocycles. The minimum atomic E-state index is -0.659. The average molecular weight is 183 g/mol. The number of aliphatic carboxylic acids is 1. The predicted molar refractivity (Wildman–Crippen MR) is 51.4 cm³/mol. The highest BCUT2D eigenvalue weighted by atomic mass is 16.4. The van der Waals surface area contributed by atoms with Crippen LogP contribution in [-0.4, -0.2) is 29.1 Å². The molecule has 1 unspecified atom stereocenters. The van der Waals surface area contributed by atoms with Gasteiger partial charge in [0, 0.05) is 18.8 Å². The van der Waals surface area contributed by atoms with Crippen LogP contribution in [0.2, 0.25) is 0 Å². The Morgan fingerprint density at radius 3 is 2.85 bits per heavy atom. The Kier molecular flexibility index (Phi) is 3.34. The van der Waals surface area contributed by atoms with E-state index in [1.54, 1.807) is 0 Å². The number of carboxylic acids is 1. The third-order valence-electron chi connectivity index (χ3n) is 2.69. The summed E-state index contributed by atoms with van der Waals surface area (Å²) in [6.45, 7) is 5.69. The maximum atomic E-state index is 10.8. The molecule has 1 rings (SSSR count). The van der Waals surface area contributed by atoms with Crippen LogP contribution in [0.25, 0.3) is 0 Å². The first-order valence-electron chi connectivity index (χ1n) is 4.75. The zero-order chi connectivity index (χ0) is 9.84. The second kappa shape index (κ2) is 4.30. The number of carboxylic acid groups (broad SMARTS) is 1. The molecule has 1 aliphatic rings. The van der Waals surface area contributed by atoms with E-state index in [1.165, 1.54) is 5.70 Å². The van der Waals surface area contributed by atoms with Crippen LogP contribution in [-0.2, 0) is 4.79 Å². The number of rotatable bonds is 2. The average Bonchev–Trinajstić information content (AvgIpc) is 2.17. The largest absolute Gasteiger partial charge is 0.481 e. The monoisotopic (exact) mass is 183 g/mol. The van der Waals surface area contributed by atoms with Gasteiger partial charge >= 0.3 is 5.97 Å². The number of carbonyl (C=O) groups is 1. The number of piperidine rings is 1. The van der Waals surface area contributed by atoms with Gasteiger partial charge in [0.05, 0.1) is 5.92 Å². The minimum absolute atomic E-state index is 0.177. The van der Waals surface area contributed by atoms with Gasteiger partial charge in [-0.25, -0.2) is 0 Å². The molecule has 1 N–H and O–H groups in total. The third kappa shape index (κ3) is 2.47. The van der Waals surface area contributed by atoms with Gasteiger partial charge < -0.3 is 10.0 Å². The SMILES string of the molecule is CC=C(C)N1CCCC(C(=O)O)C1. The van der Waals surface area contributed by atoms with Crippen molar-refractivity contribution in [2.45, 2.75) is 26.7 Å². The fraction of sp³-hybridized carbons (Fsp3) is 0.700. The molecule has 1 saturated heterocycles. The van der Waals surface area contributed by atoms with Gasteiger partial charge in [-0.15, -0.1) is 0 Å². The van der Waals surface area contributed by atoms with Gasteiger partial charge in [0.2, 0.25) is 0 Å². The Bertz CT molecular complexity index is 223. The summed E-state index contributed by atoms with van der Waals surface area (Å²) < 4.78 is 0. The van der Waals surface area contributed by atoms with Crippen LogP contribution < -0.4 is 0 Å². The first kappa shape index (κ1) is 10.1. The molecule has 0 bridgehead atoms. The minimum Gasteiger partial charge on any atom is -0.481 e. The molecule has 3 heteroatoms. The summed E-state index contributed by atoms with van der Waals surface area (Å²) in [5.74, 6) is -0.836. The molecular formula is C10H17NO2. The van der Waals surface area contributed by atoms with Crippen LogP contribution in [0.3, 0.4) is 0 Å². The molecule has 3 nitrogen and oxygen atoms in total. The highest BCUT2D eigenvalue weighted by molar-refractivity contribution is 5.70. The van der Waals surface area contributed by atoms with Gasteiger partial charge in [-0.05, 0) is 26.7 Å². The molecule has 0 saturated carbocycles. The lowest BCUT2D eigenvalue weighted by Gasteiger charge is -2.32. The molecule has 0 amide bonds. The molecule has 1 atom stereocenters. The highest BCUT2D eigenvalue weighted by Crippen LogP contribution is 2.19. The van der Waals surface area contributed by atoms with E-state index in [0.717, 1.165) is 19.4 Å². The first-order chi connectivity index (χ1) is 6.15. The number of nitrogens with zero attached hydrogens (tertiary/aromatic N) is 1. The van der Waals surface area contributed by atoms with Gasteiger partial charge in [0.15, 0.2) is 0 Å². The van der Waals surface area contributed by atoms with Crippen LogP contribution in [0.15, 0.2) is 11.8 Å². The van der Waals surface area contributed by atoms with Gasteiger partial charge in [0.25, 0.3) is 0 Å². The molecule has 1 fully saturated rings. The highest BCUT2D eigenvalue weighted by Gasteiger charge is 2.24. The van der Waals surface area contributed by atoms with Gasteiger partial charge in [0.1, 0.15) is 0 Å².